The molecule has 4 aromatic rings. The number of hydrogen-bond acceptors (Lipinski definition) is 3. The van der Waals surface area contributed by atoms with E-state index in [9.17, 15) is 22.4 Å². The molecule has 10 heteroatoms. The fourth-order valence-electron chi connectivity index (χ4n) is 3.00. The van der Waals surface area contributed by atoms with Crippen LogP contribution in [0.4, 0.5) is 17.6 Å². The maximum Gasteiger partial charge on any atom is 0.573 e. The smallest absolute Gasteiger partial charge is 0.406 e. The minimum Gasteiger partial charge on any atom is -0.406 e. The van der Waals surface area contributed by atoms with E-state index >= 15 is 0 Å². The van der Waals surface area contributed by atoms with Gasteiger partial charge in [0.15, 0.2) is 5.82 Å². The van der Waals surface area contributed by atoms with Gasteiger partial charge in [-0.05, 0) is 47.5 Å². The molecule has 4 rings (SSSR count). The summed E-state index contributed by atoms with van der Waals surface area (Å²) in [6.07, 6.45) is -4.79. The van der Waals surface area contributed by atoms with E-state index in [4.69, 9.17) is 11.6 Å². The average Bonchev–Trinajstić information content (AvgIpc) is 3.08. The zero-order chi connectivity index (χ0) is 22.2. The molecule has 0 unspecified atom stereocenters. The molecule has 1 N–H and O–H groups in total. The molecule has 31 heavy (non-hydrogen) atoms. The Morgan fingerprint density at radius 1 is 0.968 bits per heavy atom. The van der Waals surface area contributed by atoms with Crippen molar-refractivity contribution in [2.45, 2.75) is 6.36 Å². The highest BCUT2D eigenvalue weighted by Gasteiger charge is 2.31. The monoisotopic (exact) mass is 449 g/mol. The van der Waals surface area contributed by atoms with Crippen molar-refractivity contribution < 1.29 is 22.3 Å². The van der Waals surface area contributed by atoms with Gasteiger partial charge in [0, 0.05) is 0 Å². The van der Waals surface area contributed by atoms with Crippen LogP contribution in [-0.2, 0) is 0 Å². The van der Waals surface area contributed by atoms with Crippen LogP contribution in [0.2, 0.25) is 5.02 Å². The molecule has 0 saturated heterocycles. The summed E-state index contributed by atoms with van der Waals surface area (Å²) in [5.41, 5.74) is 0.811. The van der Waals surface area contributed by atoms with Crippen molar-refractivity contribution in [2.24, 2.45) is 0 Å². The van der Waals surface area contributed by atoms with Gasteiger partial charge in [-0.25, -0.2) is 9.18 Å². The minimum atomic E-state index is -4.79. The number of halogens is 5. The van der Waals surface area contributed by atoms with Crippen molar-refractivity contribution in [1.29, 1.82) is 0 Å². The van der Waals surface area contributed by atoms with Crippen LogP contribution in [0.25, 0.3) is 28.2 Å². The highest BCUT2D eigenvalue weighted by molar-refractivity contribution is 6.33. The zero-order valence-electron chi connectivity index (χ0n) is 15.5. The molecular formula is C21H12ClF4N3O2. The molecular weight excluding hydrogens is 438 g/mol. The Balaban J connectivity index is 1.65. The molecule has 0 bridgehead atoms. The molecule has 1 aromatic heterocycles. The van der Waals surface area contributed by atoms with Crippen LogP contribution in [0.3, 0.4) is 0 Å². The predicted octanol–water partition coefficient (Wildman–Crippen LogP) is 5.59. The Hall–Kier alpha value is -3.59. The van der Waals surface area contributed by atoms with E-state index in [0.717, 1.165) is 4.68 Å². The standard InChI is InChI=1S/C21H12ClF4N3O2/c22-16-5-2-6-17(23)18(16)19-27-20(30)29(28-19)14-9-7-12(8-10-14)13-3-1-4-15(11-13)31-21(24,25)26/h1-11H,(H,27,28,30). The SMILES string of the molecule is O=c1[nH]c(-c2c(F)cccc2Cl)nn1-c1ccc(-c2cccc(OC(F)(F)F)c2)cc1. The second-order valence-electron chi connectivity index (χ2n) is 6.41. The van der Waals surface area contributed by atoms with Crippen molar-refractivity contribution in [2.75, 3.05) is 0 Å². The topological polar surface area (TPSA) is 59.9 Å². The van der Waals surface area contributed by atoms with Crippen molar-refractivity contribution in [3.8, 4) is 34.0 Å². The van der Waals surface area contributed by atoms with Gasteiger partial charge in [0.25, 0.3) is 0 Å². The molecule has 3 aromatic carbocycles. The highest BCUT2D eigenvalue weighted by atomic mass is 35.5. The van der Waals surface area contributed by atoms with E-state index in [2.05, 4.69) is 14.8 Å². The fraction of sp³-hybridized carbons (Fsp3) is 0.0476. The third-order valence-electron chi connectivity index (χ3n) is 4.33. The zero-order valence-corrected chi connectivity index (χ0v) is 16.2. The van der Waals surface area contributed by atoms with Crippen LogP contribution in [0.5, 0.6) is 5.75 Å². The molecule has 0 aliphatic carbocycles. The van der Waals surface area contributed by atoms with E-state index in [-0.39, 0.29) is 22.2 Å². The summed E-state index contributed by atoms with van der Waals surface area (Å²) >= 11 is 6.02. The van der Waals surface area contributed by atoms with Gasteiger partial charge in [0.05, 0.1) is 16.3 Å². The van der Waals surface area contributed by atoms with Gasteiger partial charge in [0.1, 0.15) is 11.6 Å². The van der Waals surface area contributed by atoms with Crippen molar-refractivity contribution >= 4 is 11.6 Å². The molecule has 0 amide bonds. The maximum absolute atomic E-state index is 14.1. The van der Waals surface area contributed by atoms with Crippen molar-refractivity contribution in [1.82, 2.24) is 14.8 Å². The van der Waals surface area contributed by atoms with Gasteiger partial charge in [-0.3, -0.25) is 4.98 Å². The molecule has 0 fully saturated rings. The lowest BCUT2D eigenvalue weighted by Crippen LogP contribution is -2.17. The third-order valence-corrected chi connectivity index (χ3v) is 4.65. The van der Waals surface area contributed by atoms with Crippen LogP contribution in [0.1, 0.15) is 0 Å². The lowest BCUT2D eigenvalue weighted by Gasteiger charge is -2.10. The lowest BCUT2D eigenvalue weighted by atomic mass is 10.1. The van der Waals surface area contributed by atoms with E-state index in [0.29, 0.717) is 16.8 Å². The fourth-order valence-corrected chi connectivity index (χ4v) is 3.26. The maximum atomic E-state index is 14.1. The van der Waals surface area contributed by atoms with Gasteiger partial charge in [-0.1, -0.05) is 41.9 Å². The second-order valence-corrected chi connectivity index (χ2v) is 6.82. The normalized spacial score (nSPS) is 11.5. The van der Waals surface area contributed by atoms with Gasteiger partial charge in [-0.15, -0.1) is 18.3 Å². The largest absolute Gasteiger partial charge is 0.573 e. The number of rotatable bonds is 4. The number of aromatic amines is 1. The van der Waals surface area contributed by atoms with Crippen LogP contribution in [0.15, 0.2) is 71.5 Å². The first-order valence-electron chi connectivity index (χ1n) is 8.81. The second kappa shape index (κ2) is 7.92. The van der Waals surface area contributed by atoms with Gasteiger partial charge in [-0.2, -0.15) is 4.68 Å². The summed E-state index contributed by atoms with van der Waals surface area (Å²) in [5, 5.41) is 4.20. The first-order chi connectivity index (χ1) is 14.7. The Kier molecular flexibility index (Phi) is 5.28. The highest BCUT2D eigenvalue weighted by Crippen LogP contribution is 2.29. The molecule has 0 aliphatic rings. The first-order valence-corrected chi connectivity index (χ1v) is 9.19. The number of aromatic nitrogens is 3. The first kappa shape index (κ1) is 20.7. The Labute approximate surface area is 177 Å². The average molecular weight is 450 g/mol. The van der Waals surface area contributed by atoms with Crippen molar-refractivity contribution in [3.63, 3.8) is 0 Å². The number of ether oxygens (including phenoxy) is 1. The molecule has 5 nitrogen and oxygen atoms in total. The number of H-pyrrole nitrogens is 1. The summed E-state index contributed by atoms with van der Waals surface area (Å²) in [7, 11) is 0. The summed E-state index contributed by atoms with van der Waals surface area (Å²) in [6, 6.07) is 16.0. The van der Waals surface area contributed by atoms with Crippen LogP contribution >= 0.6 is 11.6 Å². The predicted molar refractivity (Wildman–Crippen MR) is 107 cm³/mol. The number of nitrogens with one attached hydrogen (secondary N) is 1. The molecule has 0 radical (unpaired) electrons. The van der Waals surface area contributed by atoms with E-state index in [1.807, 2.05) is 0 Å². The van der Waals surface area contributed by atoms with Crippen LogP contribution in [0, 0.1) is 5.82 Å². The molecule has 0 saturated carbocycles. The molecule has 0 atom stereocenters. The summed E-state index contributed by atoms with van der Waals surface area (Å²) in [6.45, 7) is 0. The van der Waals surface area contributed by atoms with Gasteiger partial charge in [0.2, 0.25) is 0 Å². The summed E-state index contributed by atoms with van der Waals surface area (Å²) in [4.78, 5) is 14.8. The van der Waals surface area contributed by atoms with Crippen LogP contribution in [-0.4, -0.2) is 21.1 Å². The number of nitrogens with zero attached hydrogens (tertiary/aromatic N) is 2. The Morgan fingerprint density at radius 3 is 2.35 bits per heavy atom. The Morgan fingerprint density at radius 2 is 1.68 bits per heavy atom. The Bertz CT molecular complexity index is 1280. The molecule has 0 spiro atoms. The molecule has 158 valence electrons. The number of alkyl halides is 3. The van der Waals surface area contributed by atoms with E-state index < -0.39 is 17.9 Å². The number of benzene rings is 3. The summed E-state index contributed by atoms with van der Waals surface area (Å²) < 4.78 is 56.4. The summed E-state index contributed by atoms with van der Waals surface area (Å²) in [5.74, 6) is -1.01. The quantitative estimate of drug-likeness (QED) is 0.413. The van der Waals surface area contributed by atoms with Crippen LogP contribution < -0.4 is 10.4 Å². The third kappa shape index (κ3) is 4.46. The van der Waals surface area contributed by atoms with Gasteiger partial charge < -0.3 is 4.74 Å². The van der Waals surface area contributed by atoms with E-state index in [1.165, 1.54) is 36.4 Å². The lowest BCUT2D eigenvalue weighted by molar-refractivity contribution is -0.274. The number of hydrogen-bond donors (Lipinski definition) is 1. The molecule has 0 aliphatic heterocycles. The van der Waals surface area contributed by atoms with Crippen molar-refractivity contribution in [3.05, 3.63) is 88.1 Å². The minimum absolute atomic E-state index is 0.0295. The molecule has 1 heterocycles. The van der Waals surface area contributed by atoms with E-state index in [1.54, 1.807) is 30.3 Å². The van der Waals surface area contributed by atoms with Gasteiger partial charge >= 0.3 is 12.1 Å².